The second-order valence-electron chi connectivity index (χ2n) is 5.95. The summed E-state index contributed by atoms with van der Waals surface area (Å²) in [5, 5.41) is 0.369. The van der Waals surface area contributed by atoms with Crippen LogP contribution < -0.4 is 10.2 Å². The number of aryl methyl sites for hydroxylation is 1. The molecule has 0 aromatic heterocycles. The van der Waals surface area contributed by atoms with Gasteiger partial charge in [-0.2, -0.15) is 0 Å². The predicted molar refractivity (Wildman–Crippen MR) is 107 cm³/mol. The summed E-state index contributed by atoms with van der Waals surface area (Å²) >= 11 is 6.20. The predicted octanol–water partition coefficient (Wildman–Crippen LogP) is 5.06. The van der Waals surface area contributed by atoms with Crippen LogP contribution in [0.5, 0.6) is 5.75 Å². The van der Waals surface area contributed by atoms with Crippen LogP contribution in [-0.4, -0.2) is 19.1 Å². The molecule has 3 aromatic carbocycles. The number of carbonyl (C=O) groups excluding carboxylic acids is 1. The number of rotatable bonds is 7. The van der Waals surface area contributed by atoms with Gasteiger partial charge < -0.3 is 4.74 Å². The second kappa shape index (κ2) is 9.21. The van der Waals surface area contributed by atoms with Gasteiger partial charge in [-0.15, -0.1) is 0 Å². The van der Waals surface area contributed by atoms with E-state index in [-0.39, 0.29) is 6.61 Å². The molecule has 0 bridgehead atoms. The molecule has 5 heteroatoms. The lowest BCUT2D eigenvalue weighted by atomic mass is 9.99. The molecule has 3 aromatic rings. The molecule has 0 fully saturated rings. The van der Waals surface area contributed by atoms with E-state index in [2.05, 4.69) is 5.48 Å². The van der Waals surface area contributed by atoms with Gasteiger partial charge in [0.25, 0.3) is 5.91 Å². The van der Waals surface area contributed by atoms with E-state index in [9.17, 15) is 4.79 Å². The third-order valence-electron chi connectivity index (χ3n) is 4.03. The Kier molecular flexibility index (Phi) is 6.47. The number of hydrogen-bond acceptors (Lipinski definition) is 3. The maximum absolute atomic E-state index is 12.4. The molecule has 0 spiro atoms. The highest BCUT2D eigenvalue weighted by atomic mass is 35.5. The lowest BCUT2D eigenvalue weighted by molar-refractivity contribution is 0.0200. The van der Waals surface area contributed by atoms with E-state index in [1.54, 1.807) is 12.1 Å². The van der Waals surface area contributed by atoms with Gasteiger partial charge in [-0.25, -0.2) is 5.48 Å². The first-order valence-electron chi connectivity index (χ1n) is 8.60. The number of nitrogens with one attached hydrogen (secondary N) is 1. The Morgan fingerprint density at radius 3 is 2.48 bits per heavy atom. The zero-order valence-corrected chi connectivity index (χ0v) is 15.7. The molecule has 0 aliphatic heterocycles. The SMILES string of the molecule is Cc1ccccc1-c1ccc(Cl)c(C(=O)NOCCOc2ccccc2)c1. The number of halogens is 1. The third-order valence-corrected chi connectivity index (χ3v) is 4.36. The van der Waals surface area contributed by atoms with Gasteiger partial charge in [0.1, 0.15) is 19.0 Å². The van der Waals surface area contributed by atoms with Crippen molar-refractivity contribution in [1.82, 2.24) is 5.48 Å². The average Bonchev–Trinajstić information content (AvgIpc) is 2.69. The van der Waals surface area contributed by atoms with E-state index in [0.717, 1.165) is 22.4 Å². The molecule has 0 atom stereocenters. The minimum absolute atomic E-state index is 0.218. The van der Waals surface area contributed by atoms with Crippen LogP contribution in [-0.2, 0) is 4.84 Å². The van der Waals surface area contributed by atoms with Crippen LogP contribution in [0.1, 0.15) is 15.9 Å². The number of ether oxygens (including phenoxy) is 1. The van der Waals surface area contributed by atoms with E-state index in [1.807, 2.05) is 67.6 Å². The van der Waals surface area contributed by atoms with Crippen molar-refractivity contribution in [3.8, 4) is 16.9 Å². The lowest BCUT2D eigenvalue weighted by Crippen LogP contribution is -2.26. The van der Waals surface area contributed by atoms with Gasteiger partial charge in [0, 0.05) is 0 Å². The third kappa shape index (κ3) is 5.09. The quantitative estimate of drug-likeness (QED) is 0.460. The molecule has 0 saturated heterocycles. The van der Waals surface area contributed by atoms with Gasteiger partial charge in [-0.05, 0) is 47.9 Å². The zero-order valence-electron chi connectivity index (χ0n) is 14.9. The van der Waals surface area contributed by atoms with Crippen LogP contribution in [0.25, 0.3) is 11.1 Å². The molecule has 1 N–H and O–H groups in total. The molecule has 1 amide bonds. The summed E-state index contributed by atoms with van der Waals surface area (Å²) in [6.45, 7) is 2.57. The smallest absolute Gasteiger partial charge is 0.276 e. The van der Waals surface area contributed by atoms with Crippen LogP contribution >= 0.6 is 11.6 Å². The van der Waals surface area contributed by atoms with E-state index in [4.69, 9.17) is 21.2 Å². The van der Waals surface area contributed by atoms with E-state index >= 15 is 0 Å². The summed E-state index contributed by atoms with van der Waals surface area (Å²) < 4.78 is 5.50. The summed E-state index contributed by atoms with van der Waals surface area (Å²) in [5.74, 6) is 0.358. The van der Waals surface area contributed by atoms with Crippen molar-refractivity contribution >= 4 is 17.5 Å². The Bertz CT molecular complexity index is 912. The van der Waals surface area contributed by atoms with Gasteiger partial charge in [0.05, 0.1) is 10.6 Å². The molecule has 138 valence electrons. The molecule has 0 heterocycles. The fraction of sp³-hybridized carbons (Fsp3) is 0.136. The number of benzene rings is 3. The van der Waals surface area contributed by atoms with Crippen LogP contribution in [0, 0.1) is 6.92 Å². The summed E-state index contributed by atoms with van der Waals surface area (Å²) in [7, 11) is 0. The highest BCUT2D eigenvalue weighted by molar-refractivity contribution is 6.34. The van der Waals surface area contributed by atoms with Crippen LogP contribution in [0.3, 0.4) is 0 Å². The van der Waals surface area contributed by atoms with E-state index < -0.39 is 5.91 Å². The molecule has 0 unspecified atom stereocenters. The molecule has 0 radical (unpaired) electrons. The number of hydrogen-bond donors (Lipinski definition) is 1. The molecular formula is C22H20ClNO3. The van der Waals surface area contributed by atoms with Gasteiger partial charge in [0.2, 0.25) is 0 Å². The highest BCUT2D eigenvalue weighted by Crippen LogP contribution is 2.27. The fourth-order valence-corrected chi connectivity index (χ4v) is 2.86. The molecule has 0 aliphatic rings. The first kappa shape index (κ1) is 19.0. The summed E-state index contributed by atoms with van der Waals surface area (Å²) in [4.78, 5) is 17.6. The van der Waals surface area contributed by atoms with Crippen molar-refractivity contribution in [3.63, 3.8) is 0 Å². The van der Waals surface area contributed by atoms with Gasteiger partial charge in [-0.1, -0.05) is 60.1 Å². The minimum atomic E-state index is -0.393. The van der Waals surface area contributed by atoms with E-state index in [0.29, 0.717) is 17.2 Å². The Morgan fingerprint density at radius 2 is 1.70 bits per heavy atom. The van der Waals surface area contributed by atoms with Crippen molar-refractivity contribution in [2.75, 3.05) is 13.2 Å². The van der Waals surface area contributed by atoms with Crippen LogP contribution in [0.2, 0.25) is 5.02 Å². The average molecular weight is 382 g/mol. The molecule has 4 nitrogen and oxygen atoms in total. The summed E-state index contributed by atoms with van der Waals surface area (Å²) in [6, 6.07) is 22.8. The molecule has 0 saturated carbocycles. The van der Waals surface area contributed by atoms with Crippen molar-refractivity contribution in [2.24, 2.45) is 0 Å². The summed E-state index contributed by atoms with van der Waals surface area (Å²) in [6.07, 6.45) is 0. The molecular weight excluding hydrogens is 362 g/mol. The first-order valence-corrected chi connectivity index (χ1v) is 8.98. The minimum Gasteiger partial charge on any atom is -0.491 e. The number of amides is 1. The molecule has 27 heavy (non-hydrogen) atoms. The maximum atomic E-state index is 12.4. The zero-order chi connectivity index (χ0) is 19.1. The van der Waals surface area contributed by atoms with Crippen molar-refractivity contribution < 1.29 is 14.4 Å². The van der Waals surface area contributed by atoms with Gasteiger partial charge >= 0.3 is 0 Å². The molecule has 3 rings (SSSR count). The number of hydroxylamine groups is 1. The number of para-hydroxylation sites is 1. The summed E-state index contributed by atoms with van der Waals surface area (Å²) in [5.41, 5.74) is 5.89. The standard InChI is InChI=1S/C22H20ClNO3/c1-16-7-5-6-10-19(16)17-11-12-21(23)20(15-17)22(25)24-27-14-13-26-18-8-3-2-4-9-18/h2-12,15H,13-14H2,1H3,(H,24,25). The second-order valence-corrected chi connectivity index (χ2v) is 6.36. The largest absolute Gasteiger partial charge is 0.491 e. The Hall–Kier alpha value is -2.82. The topological polar surface area (TPSA) is 47.6 Å². The van der Waals surface area contributed by atoms with Gasteiger partial charge in [0.15, 0.2) is 0 Å². The van der Waals surface area contributed by atoms with Crippen LogP contribution in [0.4, 0.5) is 0 Å². The Morgan fingerprint density at radius 1 is 0.963 bits per heavy atom. The van der Waals surface area contributed by atoms with Crippen molar-refractivity contribution in [3.05, 3.63) is 88.9 Å². The monoisotopic (exact) mass is 381 g/mol. The fourth-order valence-electron chi connectivity index (χ4n) is 2.65. The molecule has 0 aliphatic carbocycles. The van der Waals surface area contributed by atoms with E-state index in [1.165, 1.54) is 0 Å². The number of carbonyl (C=O) groups is 1. The lowest BCUT2D eigenvalue weighted by Gasteiger charge is -2.11. The van der Waals surface area contributed by atoms with Crippen LogP contribution in [0.15, 0.2) is 72.8 Å². The van der Waals surface area contributed by atoms with Crippen molar-refractivity contribution in [1.29, 1.82) is 0 Å². The van der Waals surface area contributed by atoms with Crippen molar-refractivity contribution in [2.45, 2.75) is 6.92 Å². The highest BCUT2D eigenvalue weighted by Gasteiger charge is 2.13. The Balaban J connectivity index is 1.58. The maximum Gasteiger partial charge on any atom is 0.276 e. The normalized spacial score (nSPS) is 10.4. The Labute approximate surface area is 163 Å². The first-order chi connectivity index (χ1) is 13.1. The van der Waals surface area contributed by atoms with Gasteiger partial charge in [-0.3, -0.25) is 9.63 Å².